The summed E-state index contributed by atoms with van der Waals surface area (Å²) < 4.78 is 5.43. The van der Waals surface area contributed by atoms with E-state index in [1.165, 1.54) is 11.1 Å². The van der Waals surface area contributed by atoms with Crippen LogP contribution in [0.15, 0.2) is 18.2 Å². The van der Waals surface area contributed by atoms with Crippen LogP contribution in [-0.4, -0.2) is 38.0 Å². The number of alkyl halides is 1. The number of rotatable bonds is 7. The Bertz CT molecular complexity index is 366. The van der Waals surface area contributed by atoms with Crippen molar-refractivity contribution in [2.75, 3.05) is 33.1 Å². The van der Waals surface area contributed by atoms with E-state index in [2.05, 4.69) is 44.0 Å². The van der Waals surface area contributed by atoms with E-state index in [4.69, 9.17) is 16.3 Å². The van der Waals surface area contributed by atoms with Gasteiger partial charge in [-0.15, -0.1) is 11.6 Å². The normalized spacial score (nSPS) is 11.3. The minimum absolute atomic E-state index is 0.551. The number of likely N-dealkylation sites (N-methyl/N-ethyl adjacent to an activating group) is 1. The fourth-order valence-corrected chi connectivity index (χ4v) is 2.21. The number of ether oxygens (including phenoxy) is 1. The standard InChI is InChI=1S/C15H24ClNO/c1-12(2)13-5-6-15(18-4)14(11-13)7-9-17(3)10-8-16/h5-6,11-12H,7-10H2,1-4H3. The molecule has 18 heavy (non-hydrogen) atoms. The van der Waals surface area contributed by atoms with E-state index in [0.29, 0.717) is 11.8 Å². The summed E-state index contributed by atoms with van der Waals surface area (Å²) in [5.74, 6) is 2.22. The van der Waals surface area contributed by atoms with Gasteiger partial charge in [0.05, 0.1) is 7.11 Å². The maximum atomic E-state index is 5.74. The topological polar surface area (TPSA) is 12.5 Å². The lowest BCUT2D eigenvalue weighted by molar-refractivity contribution is 0.354. The van der Waals surface area contributed by atoms with Gasteiger partial charge in [0.1, 0.15) is 5.75 Å². The molecule has 0 aliphatic carbocycles. The Kier molecular flexibility index (Phi) is 6.51. The third-order valence-electron chi connectivity index (χ3n) is 3.20. The molecule has 0 aliphatic rings. The first-order valence-electron chi connectivity index (χ1n) is 6.49. The Hall–Kier alpha value is -0.730. The zero-order valence-corrected chi connectivity index (χ0v) is 12.6. The SMILES string of the molecule is COc1ccc(C(C)C)cc1CCN(C)CCCl. The molecule has 0 saturated heterocycles. The maximum Gasteiger partial charge on any atom is 0.122 e. The molecule has 1 aromatic carbocycles. The molecule has 0 N–H and O–H groups in total. The van der Waals surface area contributed by atoms with Crippen LogP contribution in [0, 0.1) is 0 Å². The summed E-state index contributed by atoms with van der Waals surface area (Å²) in [6, 6.07) is 6.49. The van der Waals surface area contributed by atoms with Gasteiger partial charge in [0.2, 0.25) is 0 Å². The number of benzene rings is 1. The highest BCUT2D eigenvalue weighted by atomic mass is 35.5. The third-order valence-corrected chi connectivity index (χ3v) is 3.37. The van der Waals surface area contributed by atoms with Crippen molar-refractivity contribution < 1.29 is 4.74 Å². The second kappa shape index (κ2) is 7.65. The summed E-state index contributed by atoms with van der Waals surface area (Å²) in [4.78, 5) is 2.24. The lowest BCUT2D eigenvalue weighted by Crippen LogP contribution is -2.23. The molecule has 102 valence electrons. The molecule has 0 heterocycles. The molecule has 1 rings (SSSR count). The quantitative estimate of drug-likeness (QED) is 0.702. The average molecular weight is 270 g/mol. The van der Waals surface area contributed by atoms with E-state index < -0.39 is 0 Å². The Morgan fingerprint density at radius 1 is 1.28 bits per heavy atom. The fourth-order valence-electron chi connectivity index (χ4n) is 1.92. The summed E-state index contributed by atoms with van der Waals surface area (Å²) in [6.07, 6.45) is 0.997. The van der Waals surface area contributed by atoms with Crippen molar-refractivity contribution in [3.05, 3.63) is 29.3 Å². The van der Waals surface area contributed by atoms with Crippen molar-refractivity contribution in [1.29, 1.82) is 0 Å². The van der Waals surface area contributed by atoms with Gasteiger partial charge < -0.3 is 9.64 Å². The first kappa shape index (κ1) is 15.3. The van der Waals surface area contributed by atoms with E-state index >= 15 is 0 Å². The molecule has 0 atom stereocenters. The number of methoxy groups -OCH3 is 1. The number of nitrogens with zero attached hydrogens (tertiary/aromatic N) is 1. The second-order valence-electron chi connectivity index (χ2n) is 4.97. The lowest BCUT2D eigenvalue weighted by Gasteiger charge is -2.17. The predicted octanol–water partition coefficient (Wildman–Crippen LogP) is 3.53. The first-order chi connectivity index (χ1) is 8.58. The van der Waals surface area contributed by atoms with Gasteiger partial charge in [0.15, 0.2) is 0 Å². The number of hydrogen-bond donors (Lipinski definition) is 0. The van der Waals surface area contributed by atoms with Crippen LogP contribution in [0.2, 0.25) is 0 Å². The van der Waals surface area contributed by atoms with Crippen LogP contribution >= 0.6 is 11.6 Å². The van der Waals surface area contributed by atoms with Crippen LogP contribution in [0.1, 0.15) is 30.9 Å². The van der Waals surface area contributed by atoms with E-state index in [1.807, 2.05) is 0 Å². The van der Waals surface area contributed by atoms with E-state index in [1.54, 1.807) is 7.11 Å². The molecule has 0 unspecified atom stereocenters. The van der Waals surface area contributed by atoms with Gasteiger partial charge in [-0.3, -0.25) is 0 Å². The predicted molar refractivity (Wildman–Crippen MR) is 79.0 cm³/mol. The number of hydrogen-bond acceptors (Lipinski definition) is 2. The molecule has 0 amide bonds. The lowest BCUT2D eigenvalue weighted by atomic mass is 9.99. The average Bonchev–Trinajstić information content (AvgIpc) is 2.36. The highest BCUT2D eigenvalue weighted by molar-refractivity contribution is 6.18. The van der Waals surface area contributed by atoms with Crippen molar-refractivity contribution in [2.24, 2.45) is 0 Å². The molecule has 0 spiro atoms. The minimum Gasteiger partial charge on any atom is -0.496 e. The highest BCUT2D eigenvalue weighted by Crippen LogP contribution is 2.24. The van der Waals surface area contributed by atoms with Crippen LogP contribution in [0.5, 0.6) is 5.75 Å². The largest absolute Gasteiger partial charge is 0.496 e. The summed E-state index contributed by atoms with van der Waals surface area (Å²) in [5.41, 5.74) is 2.65. The Morgan fingerprint density at radius 2 is 2.00 bits per heavy atom. The smallest absolute Gasteiger partial charge is 0.122 e. The van der Waals surface area contributed by atoms with Gasteiger partial charge in [0.25, 0.3) is 0 Å². The first-order valence-corrected chi connectivity index (χ1v) is 7.03. The molecule has 0 aromatic heterocycles. The minimum atomic E-state index is 0.551. The van der Waals surface area contributed by atoms with Gasteiger partial charge in [0, 0.05) is 19.0 Å². The van der Waals surface area contributed by atoms with Crippen LogP contribution in [0.25, 0.3) is 0 Å². The molecule has 0 fully saturated rings. The number of halogens is 1. The molecule has 1 aromatic rings. The summed E-state index contributed by atoms with van der Waals surface area (Å²) >= 11 is 5.74. The third kappa shape index (κ3) is 4.51. The zero-order valence-electron chi connectivity index (χ0n) is 11.9. The van der Waals surface area contributed by atoms with Gasteiger partial charge in [-0.2, -0.15) is 0 Å². The van der Waals surface area contributed by atoms with Crippen molar-refractivity contribution in [2.45, 2.75) is 26.2 Å². The molecule has 0 aliphatic heterocycles. The Balaban J connectivity index is 2.75. The fraction of sp³-hybridized carbons (Fsp3) is 0.600. The summed E-state index contributed by atoms with van der Waals surface area (Å²) in [5, 5.41) is 0. The van der Waals surface area contributed by atoms with Crippen LogP contribution in [0.4, 0.5) is 0 Å². The van der Waals surface area contributed by atoms with Gasteiger partial charge >= 0.3 is 0 Å². The molecule has 0 bridgehead atoms. The van der Waals surface area contributed by atoms with Crippen LogP contribution in [0.3, 0.4) is 0 Å². The monoisotopic (exact) mass is 269 g/mol. The summed E-state index contributed by atoms with van der Waals surface area (Å²) in [7, 11) is 3.83. The van der Waals surface area contributed by atoms with Gasteiger partial charge in [-0.05, 0) is 36.6 Å². The molecule has 3 heteroatoms. The van der Waals surface area contributed by atoms with Crippen molar-refractivity contribution in [3.8, 4) is 5.75 Å². The van der Waals surface area contributed by atoms with Crippen LogP contribution < -0.4 is 4.74 Å². The second-order valence-corrected chi connectivity index (χ2v) is 5.35. The Morgan fingerprint density at radius 3 is 2.56 bits per heavy atom. The highest BCUT2D eigenvalue weighted by Gasteiger charge is 2.08. The molecule has 2 nitrogen and oxygen atoms in total. The van der Waals surface area contributed by atoms with E-state index in [9.17, 15) is 0 Å². The van der Waals surface area contributed by atoms with Crippen molar-refractivity contribution in [1.82, 2.24) is 4.90 Å². The van der Waals surface area contributed by atoms with Crippen molar-refractivity contribution in [3.63, 3.8) is 0 Å². The van der Waals surface area contributed by atoms with Gasteiger partial charge in [-0.25, -0.2) is 0 Å². The molecular weight excluding hydrogens is 246 g/mol. The van der Waals surface area contributed by atoms with Gasteiger partial charge in [-0.1, -0.05) is 26.0 Å². The molecule has 0 saturated carbocycles. The summed E-state index contributed by atoms with van der Waals surface area (Å²) in [6.45, 7) is 6.36. The van der Waals surface area contributed by atoms with Crippen LogP contribution in [-0.2, 0) is 6.42 Å². The van der Waals surface area contributed by atoms with E-state index in [0.717, 1.165) is 25.3 Å². The molecule has 0 radical (unpaired) electrons. The van der Waals surface area contributed by atoms with E-state index in [-0.39, 0.29) is 0 Å². The zero-order chi connectivity index (χ0) is 13.5. The molecular formula is C15H24ClNO. The Labute approximate surface area is 116 Å². The maximum absolute atomic E-state index is 5.74. The van der Waals surface area contributed by atoms with Crippen molar-refractivity contribution >= 4 is 11.6 Å².